The van der Waals surface area contributed by atoms with Crippen LogP contribution >= 0.6 is 0 Å². The Morgan fingerprint density at radius 3 is 2.39 bits per heavy atom. The summed E-state index contributed by atoms with van der Waals surface area (Å²) in [5.74, 6) is -0.825. The molecule has 3 N–H and O–H groups in total. The van der Waals surface area contributed by atoms with Gasteiger partial charge in [-0.25, -0.2) is 0 Å². The molecule has 1 saturated heterocycles. The Bertz CT molecular complexity index is 1200. The molecule has 0 aliphatic carbocycles. The van der Waals surface area contributed by atoms with Gasteiger partial charge in [-0.3, -0.25) is 14.6 Å². The molecular formula is C27H28N4O5. The first-order valence-corrected chi connectivity index (χ1v) is 11.6. The highest BCUT2D eigenvalue weighted by molar-refractivity contribution is 6.05. The highest BCUT2D eigenvalue weighted by Gasteiger charge is 2.39. The highest BCUT2D eigenvalue weighted by atomic mass is 16.6. The molecule has 9 nitrogen and oxygen atoms in total. The SMILES string of the molecule is CO/N=C1\C[C@@H](C(=O)N[C@@H](CO)[C@@H](O)c2ccccc2)N(C(=O)c2ccc(-c3ccncc3)cc2)C1. The second-order valence-corrected chi connectivity index (χ2v) is 8.46. The lowest BCUT2D eigenvalue weighted by Gasteiger charge is -2.28. The molecular weight excluding hydrogens is 460 g/mol. The average molecular weight is 489 g/mol. The number of carbonyl (C=O) groups excluding carboxylic acids is 2. The highest BCUT2D eigenvalue weighted by Crippen LogP contribution is 2.24. The van der Waals surface area contributed by atoms with Crippen LogP contribution in [0.15, 0.2) is 84.3 Å². The average Bonchev–Trinajstić information content (AvgIpc) is 3.36. The number of nitrogens with zero attached hydrogens (tertiary/aromatic N) is 3. The van der Waals surface area contributed by atoms with Crippen molar-refractivity contribution in [2.75, 3.05) is 20.3 Å². The van der Waals surface area contributed by atoms with Gasteiger partial charge in [-0.2, -0.15) is 0 Å². The fourth-order valence-corrected chi connectivity index (χ4v) is 4.25. The van der Waals surface area contributed by atoms with Gasteiger partial charge in [0, 0.05) is 24.4 Å². The van der Waals surface area contributed by atoms with Gasteiger partial charge in [-0.1, -0.05) is 47.6 Å². The molecule has 2 aromatic carbocycles. The summed E-state index contributed by atoms with van der Waals surface area (Å²) in [4.78, 5) is 37.0. The Balaban J connectivity index is 1.52. The van der Waals surface area contributed by atoms with E-state index in [-0.39, 0.29) is 18.9 Å². The third-order valence-electron chi connectivity index (χ3n) is 6.13. The molecule has 0 spiro atoms. The van der Waals surface area contributed by atoms with Crippen LogP contribution in [0.3, 0.4) is 0 Å². The van der Waals surface area contributed by atoms with Gasteiger partial charge in [-0.05, 0) is 41.0 Å². The lowest BCUT2D eigenvalue weighted by atomic mass is 10.0. The molecule has 1 aliphatic rings. The summed E-state index contributed by atoms with van der Waals surface area (Å²) >= 11 is 0. The summed E-state index contributed by atoms with van der Waals surface area (Å²) in [6.45, 7) is -0.347. The predicted octanol–water partition coefficient (Wildman–Crippen LogP) is 2.18. The van der Waals surface area contributed by atoms with Crippen LogP contribution in [0.4, 0.5) is 0 Å². The number of rotatable bonds is 8. The van der Waals surface area contributed by atoms with E-state index < -0.39 is 30.7 Å². The zero-order valence-electron chi connectivity index (χ0n) is 19.8. The number of aliphatic hydroxyl groups is 2. The maximum absolute atomic E-state index is 13.4. The lowest BCUT2D eigenvalue weighted by molar-refractivity contribution is -0.126. The van der Waals surface area contributed by atoms with Crippen LogP contribution in [-0.4, -0.2) is 70.0 Å². The molecule has 1 aromatic heterocycles. The van der Waals surface area contributed by atoms with E-state index in [0.29, 0.717) is 16.8 Å². The number of hydrogen-bond acceptors (Lipinski definition) is 7. The van der Waals surface area contributed by atoms with Crippen molar-refractivity contribution in [2.45, 2.75) is 24.6 Å². The van der Waals surface area contributed by atoms with Crippen LogP contribution in [0.25, 0.3) is 11.1 Å². The second kappa shape index (κ2) is 11.6. The van der Waals surface area contributed by atoms with E-state index in [1.165, 1.54) is 12.0 Å². The van der Waals surface area contributed by atoms with E-state index in [9.17, 15) is 19.8 Å². The van der Waals surface area contributed by atoms with E-state index in [2.05, 4.69) is 15.5 Å². The van der Waals surface area contributed by atoms with Gasteiger partial charge in [0.15, 0.2) is 0 Å². The minimum atomic E-state index is -1.11. The molecule has 2 heterocycles. The molecule has 0 unspecified atom stereocenters. The van der Waals surface area contributed by atoms with Crippen molar-refractivity contribution in [1.82, 2.24) is 15.2 Å². The van der Waals surface area contributed by atoms with Crippen molar-refractivity contribution < 1.29 is 24.6 Å². The van der Waals surface area contributed by atoms with E-state index >= 15 is 0 Å². The van der Waals surface area contributed by atoms with E-state index in [0.717, 1.165) is 11.1 Å². The van der Waals surface area contributed by atoms with Crippen molar-refractivity contribution >= 4 is 17.5 Å². The summed E-state index contributed by atoms with van der Waals surface area (Å²) in [6.07, 6.45) is 2.47. The molecule has 3 aromatic rings. The summed E-state index contributed by atoms with van der Waals surface area (Å²) in [6, 6.07) is 17.8. The molecule has 1 fully saturated rings. The van der Waals surface area contributed by atoms with Crippen molar-refractivity contribution in [2.24, 2.45) is 5.16 Å². The number of pyridine rings is 1. The van der Waals surface area contributed by atoms with Crippen LogP contribution in [-0.2, 0) is 9.63 Å². The van der Waals surface area contributed by atoms with Crippen LogP contribution in [0.1, 0.15) is 28.4 Å². The standard InChI is InChI=1S/C27H28N4O5/c1-36-30-22-15-24(26(34)29-23(17-32)25(33)20-5-3-2-4-6-20)31(16-22)27(35)21-9-7-18(8-10-21)19-11-13-28-14-12-19/h2-14,23-25,32-33H,15-17H2,1H3,(H,29,34)/b30-22+/t23-,24-,25-/m0/s1. The number of oxime groups is 1. The number of nitrogens with one attached hydrogen (secondary N) is 1. The van der Waals surface area contributed by atoms with Gasteiger partial charge in [0.05, 0.1) is 24.9 Å². The Morgan fingerprint density at radius 1 is 1.08 bits per heavy atom. The fourth-order valence-electron chi connectivity index (χ4n) is 4.25. The molecule has 1 aliphatic heterocycles. The number of aliphatic hydroxyl groups excluding tert-OH is 2. The van der Waals surface area contributed by atoms with Gasteiger partial charge >= 0.3 is 0 Å². The van der Waals surface area contributed by atoms with Crippen molar-refractivity contribution in [1.29, 1.82) is 0 Å². The van der Waals surface area contributed by atoms with E-state index in [1.807, 2.05) is 30.3 Å². The first kappa shape index (κ1) is 25.0. The molecule has 36 heavy (non-hydrogen) atoms. The number of amides is 2. The first-order valence-electron chi connectivity index (χ1n) is 11.6. The maximum Gasteiger partial charge on any atom is 0.254 e. The normalized spacial score (nSPS) is 18.0. The lowest BCUT2D eigenvalue weighted by Crippen LogP contribution is -2.51. The molecule has 186 valence electrons. The fraction of sp³-hybridized carbons (Fsp3) is 0.259. The summed E-state index contributed by atoms with van der Waals surface area (Å²) in [5, 5.41) is 27.2. The monoisotopic (exact) mass is 488 g/mol. The van der Waals surface area contributed by atoms with Gasteiger partial charge in [0.25, 0.3) is 5.91 Å². The first-order chi connectivity index (χ1) is 17.5. The minimum absolute atomic E-state index is 0.127. The molecule has 0 radical (unpaired) electrons. The zero-order valence-corrected chi connectivity index (χ0v) is 19.8. The van der Waals surface area contributed by atoms with E-state index in [4.69, 9.17) is 4.84 Å². The minimum Gasteiger partial charge on any atom is -0.399 e. The van der Waals surface area contributed by atoms with Gasteiger partial charge in [0.2, 0.25) is 5.91 Å². The second-order valence-electron chi connectivity index (χ2n) is 8.46. The van der Waals surface area contributed by atoms with Gasteiger partial charge < -0.3 is 25.3 Å². The molecule has 4 rings (SSSR count). The molecule has 3 atom stereocenters. The quantitative estimate of drug-likeness (QED) is 0.418. The topological polar surface area (TPSA) is 124 Å². The Hall–Kier alpha value is -4.08. The van der Waals surface area contributed by atoms with Crippen LogP contribution in [0.5, 0.6) is 0 Å². The van der Waals surface area contributed by atoms with E-state index in [1.54, 1.807) is 48.8 Å². The summed E-state index contributed by atoms with van der Waals surface area (Å²) in [5.41, 5.74) is 3.44. The van der Waals surface area contributed by atoms with Crippen LogP contribution < -0.4 is 5.32 Å². The Labute approximate surface area is 209 Å². The van der Waals surface area contributed by atoms with Crippen LogP contribution in [0, 0.1) is 0 Å². The number of carbonyl (C=O) groups is 2. The molecule has 9 heteroatoms. The summed E-state index contributed by atoms with van der Waals surface area (Å²) < 4.78 is 0. The van der Waals surface area contributed by atoms with Crippen molar-refractivity contribution in [3.8, 4) is 11.1 Å². The zero-order chi connectivity index (χ0) is 25.5. The third-order valence-corrected chi connectivity index (χ3v) is 6.13. The van der Waals surface area contributed by atoms with Crippen molar-refractivity contribution in [3.05, 3.63) is 90.3 Å². The Morgan fingerprint density at radius 2 is 1.75 bits per heavy atom. The van der Waals surface area contributed by atoms with Gasteiger partial charge in [0.1, 0.15) is 19.3 Å². The third kappa shape index (κ3) is 5.59. The number of benzene rings is 2. The van der Waals surface area contributed by atoms with Gasteiger partial charge in [-0.15, -0.1) is 0 Å². The summed E-state index contributed by atoms with van der Waals surface area (Å²) in [7, 11) is 1.41. The predicted molar refractivity (Wildman–Crippen MR) is 134 cm³/mol. The Kier molecular flexibility index (Phi) is 8.04. The molecule has 0 bridgehead atoms. The molecule has 2 amide bonds. The maximum atomic E-state index is 13.4. The van der Waals surface area contributed by atoms with Crippen molar-refractivity contribution in [3.63, 3.8) is 0 Å². The number of likely N-dealkylation sites (tertiary alicyclic amines) is 1. The number of aromatic nitrogens is 1. The number of hydrogen-bond donors (Lipinski definition) is 3. The smallest absolute Gasteiger partial charge is 0.254 e. The largest absolute Gasteiger partial charge is 0.399 e. The van der Waals surface area contributed by atoms with Crippen LogP contribution in [0.2, 0.25) is 0 Å². The molecule has 0 saturated carbocycles.